The molecule has 19 heavy (non-hydrogen) atoms. The van der Waals surface area contributed by atoms with Gasteiger partial charge in [-0.25, -0.2) is 0 Å². The number of amides is 1. The highest BCUT2D eigenvalue weighted by molar-refractivity contribution is 5.91. The van der Waals surface area contributed by atoms with Gasteiger partial charge < -0.3 is 15.8 Å². The van der Waals surface area contributed by atoms with Gasteiger partial charge >= 0.3 is 5.69 Å². The van der Waals surface area contributed by atoms with E-state index < -0.39 is 4.92 Å². The molecule has 0 radical (unpaired) electrons. The number of methoxy groups -OCH3 is 1. The molecule has 104 valence electrons. The highest BCUT2D eigenvalue weighted by atomic mass is 16.6. The summed E-state index contributed by atoms with van der Waals surface area (Å²) >= 11 is 0. The standard InChI is InChI=1S/C12H17N3O4/c1-8(7-13)5-12(16)14-9-3-4-11(19-2)10(6-9)15(17)18/h3-4,6,8H,5,7,13H2,1-2H3,(H,14,16). The maximum Gasteiger partial charge on any atom is 0.312 e. The highest BCUT2D eigenvalue weighted by Crippen LogP contribution is 2.29. The number of rotatable bonds is 6. The maximum absolute atomic E-state index is 11.6. The second kappa shape index (κ2) is 6.69. The summed E-state index contributed by atoms with van der Waals surface area (Å²) in [6.45, 7) is 2.27. The molecule has 7 nitrogen and oxygen atoms in total. The molecule has 1 rings (SSSR count). The average Bonchev–Trinajstić information content (AvgIpc) is 2.38. The Balaban J connectivity index is 2.82. The summed E-state index contributed by atoms with van der Waals surface area (Å²) in [6, 6.07) is 4.26. The SMILES string of the molecule is COc1ccc(NC(=O)CC(C)CN)cc1[N+](=O)[O-]. The molecule has 3 N–H and O–H groups in total. The van der Waals surface area contributed by atoms with E-state index in [4.69, 9.17) is 10.5 Å². The van der Waals surface area contributed by atoms with Crippen molar-refractivity contribution in [3.05, 3.63) is 28.3 Å². The molecule has 0 saturated carbocycles. The summed E-state index contributed by atoms with van der Waals surface area (Å²) in [7, 11) is 1.35. The van der Waals surface area contributed by atoms with Crippen molar-refractivity contribution in [1.82, 2.24) is 0 Å². The smallest absolute Gasteiger partial charge is 0.312 e. The first kappa shape index (κ1) is 14.9. The second-order valence-electron chi connectivity index (χ2n) is 4.24. The Kier molecular flexibility index (Phi) is 5.25. The molecule has 0 spiro atoms. The van der Waals surface area contributed by atoms with Gasteiger partial charge in [-0.2, -0.15) is 0 Å². The van der Waals surface area contributed by atoms with Crippen molar-refractivity contribution in [2.24, 2.45) is 11.7 Å². The third kappa shape index (κ3) is 4.22. The largest absolute Gasteiger partial charge is 0.490 e. The number of benzene rings is 1. The Morgan fingerprint density at radius 3 is 2.79 bits per heavy atom. The molecule has 0 aromatic heterocycles. The van der Waals surface area contributed by atoms with Crippen LogP contribution >= 0.6 is 0 Å². The van der Waals surface area contributed by atoms with Crippen LogP contribution in [0.3, 0.4) is 0 Å². The lowest BCUT2D eigenvalue weighted by Gasteiger charge is -2.10. The lowest BCUT2D eigenvalue weighted by molar-refractivity contribution is -0.385. The topological polar surface area (TPSA) is 107 Å². The number of ether oxygens (including phenoxy) is 1. The number of nitrogens with two attached hydrogens (primary N) is 1. The summed E-state index contributed by atoms with van der Waals surface area (Å²) in [5.41, 5.74) is 5.60. The first-order chi connectivity index (χ1) is 8.97. The Bertz CT molecular complexity index is 476. The summed E-state index contributed by atoms with van der Waals surface area (Å²) < 4.78 is 4.88. The van der Waals surface area contributed by atoms with E-state index in [1.54, 1.807) is 6.07 Å². The Morgan fingerprint density at radius 2 is 2.26 bits per heavy atom. The minimum atomic E-state index is -0.559. The molecule has 0 aliphatic heterocycles. The zero-order valence-corrected chi connectivity index (χ0v) is 10.9. The Labute approximate surface area is 110 Å². The highest BCUT2D eigenvalue weighted by Gasteiger charge is 2.16. The number of carbonyl (C=O) groups excluding carboxylic acids is 1. The van der Waals surface area contributed by atoms with Crippen LogP contribution < -0.4 is 15.8 Å². The lowest BCUT2D eigenvalue weighted by Crippen LogP contribution is -2.20. The van der Waals surface area contributed by atoms with Gasteiger partial charge in [0.2, 0.25) is 5.91 Å². The van der Waals surface area contributed by atoms with Crippen LogP contribution in [0.4, 0.5) is 11.4 Å². The number of nitro groups is 1. The van der Waals surface area contributed by atoms with Gasteiger partial charge in [0.15, 0.2) is 5.75 Å². The van der Waals surface area contributed by atoms with E-state index in [0.29, 0.717) is 12.2 Å². The summed E-state index contributed by atoms with van der Waals surface area (Å²) in [4.78, 5) is 21.9. The van der Waals surface area contributed by atoms with Crippen molar-refractivity contribution in [2.75, 3.05) is 19.0 Å². The van der Waals surface area contributed by atoms with Gasteiger partial charge in [0, 0.05) is 18.2 Å². The van der Waals surface area contributed by atoms with E-state index in [1.165, 1.54) is 19.2 Å². The number of carbonyl (C=O) groups is 1. The van der Waals surface area contributed by atoms with Crippen molar-refractivity contribution >= 4 is 17.3 Å². The molecular formula is C12H17N3O4. The fourth-order valence-corrected chi connectivity index (χ4v) is 1.52. The molecule has 0 bridgehead atoms. The number of anilines is 1. The predicted octanol–water partition coefficient (Wildman–Crippen LogP) is 1.53. The molecule has 0 saturated heterocycles. The van der Waals surface area contributed by atoms with Crippen LogP contribution in [0.15, 0.2) is 18.2 Å². The Morgan fingerprint density at radius 1 is 1.58 bits per heavy atom. The number of nitro benzene ring substituents is 1. The molecule has 0 aliphatic rings. The average molecular weight is 267 g/mol. The van der Waals surface area contributed by atoms with Crippen molar-refractivity contribution in [3.63, 3.8) is 0 Å². The minimum absolute atomic E-state index is 0.0632. The third-order valence-corrected chi connectivity index (χ3v) is 2.60. The molecule has 0 aliphatic carbocycles. The van der Waals surface area contributed by atoms with E-state index >= 15 is 0 Å². The molecule has 1 amide bonds. The normalized spacial score (nSPS) is 11.7. The zero-order chi connectivity index (χ0) is 14.4. The fraction of sp³-hybridized carbons (Fsp3) is 0.417. The molecule has 1 atom stereocenters. The van der Waals surface area contributed by atoms with Crippen LogP contribution in [0.1, 0.15) is 13.3 Å². The van der Waals surface area contributed by atoms with E-state index in [9.17, 15) is 14.9 Å². The number of hydrogen-bond acceptors (Lipinski definition) is 5. The van der Waals surface area contributed by atoms with Crippen LogP contribution in [-0.4, -0.2) is 24.5 Å². The number of nitrogens with zero attached hydrogens (tertiary/aromatic N) is 1. The van der Waals surface area contributed by atoms with Gasteiger partial charge in [0.05, 0.1) is 12.0 Å². The van der Waals surface area contributed by atoms with Crippen LogP contribution in [-0.2, 0) is 4.79 Å². The third-order valence-electron chi connectivity index (χ3n) is 2.60. The van der Waals surface area contributed by atoms with E-state index in [-0.39, 0.29) is 29.7 Å². The molecule has 1 unspecified atom stereocenters. The second-order valence-corrected chi connectivity index (χ2v) is 4.24. The van der Waals surface area contributed by atoms with E-state index in [2.05, 4.69) is 5.32 Å². The quantitative estimate of drug-likeness (QED) is 0.600. The molecular weight excluding hydrogens is 250 g/mol. The molecule has 1 aromatic carbocycles. The van der Waals surface area contributed by atoms with Crippen LogP contribution in [0.2, 0.25) is 0 Å². The van der Waals surface area contributed by atoms with Crippen molar-refractivity contribution in [3.8, 4) is 5.75 Å². The molecule has 7 heteroatoms. The number of hydrogen-bond donors (Lipinski definition) is 2. The van der Waals surface area contributed by atoms with Gasteiger partial charge in [-0.15, -0.1) is 0 Å². The van der Waals surface area contributed by atoms with E-state index in [0.717, 1.165) is 0 Å². The maximum atomic E-state index is 11.6. The van der Waals surface area contributed by atoms with Gasteiger partial charge in [-0.3, -0.25) is 14.9 Å². The molecule has 0 heterocycles. The van der Waals surface area contributed by atoms with Crippen LogP contribution in [0.25, 0.3) is 0 Å². The van der Waals surface area contributed by atoms with Gasteiger partial charge in [0.1, 0.15) is 0 Å². The zero-order valence-electron chi connectivity index (χ0n) is 10.9. The van der Waals surface area contributed by atoms with Gasteiger partial charge in [0.25, 0.3) is 0 Å². The lowest BCUT2D eigenvalue weighted by atomic mass is 10.1. The molecule has 0 fully saturated rings. The number of nitrogens with one attached hydrogen (secondary N) is 1. The fourth-order valence-electron chi connectivity index (χ4n) is 1.52. The summed E-state index contributed by atoms with van der Waals surface area (Å²) in [5.74, 6) is -0.0102. The predicted molar refractivity (Wildman–Crippen MR) is 71.1 cm³/mol. The first-order valence-corrected chi connectivity index (χ1v) is 5.80. The van der Waals surface area contributed by atoms with Crippen LogP contribution in [0, 0.1) is 16.0 Å². The monoisotopic (exact) mass is 267 g/mol. The molecule has 1 aromatic rings. The van der Waals surface area contributed by atoms with Gasteiger partial charge in [-0.1, -0.05) is 6.92 Å². The summed E-state index contributed by atoms with van der Waals surface area (Å²) in [6.07, 6.45) is 0.274. The minimum Gasteiger partial charge on any atom is -0.490 e. The van der Waals surface area contributed by atoms with Crippen LogP contribution in [0.5, 0.6) is 5.75 Å². The first-order valence-electron chi connectivity index (χ1n) is 5.80. The van der Waals surface area contributed by atoms with Crippen molar-refractivity contribution in [1.29, 1.82) is 0 Å². The van der Waals surface area contributed by atoms with Crippen molar-refractivity contribution < 1.29 is 14.5 Å². The summed E-state index contributed by atoms with van der Waals surface area (Å²) in [5, 5.41) is 13.4. The van der Waals surface area contributed by atoms with Crippen molar-refractivity contribution in [2.45, 2.75) is 13.3 Å². The van der Waals surface area contributed by atoms with E-state index in [1.807, 2.05) is 6.92 Å². The van der Waals surface area contributed by atoms with Gasteiger partial charge in [-0.05, 0) is 24.6 Å². The Hall–Kier alpha value is -2.15.